The molecule has 3 N–H and O–H groups in total. The molecule has 2 saturated heterocycles. The molecule has 43 heavy (non-hydrogen) atoms. The van der Waals surface area contributed by atoms with Crippen molar-refractivity contribution < 1.29 is 19.2 Å². The number of Topliss-reactive ketones (excluding diaryl/α,β-unsaturated/α-hetero) is 1. The van der Waals surface area contributed by atoms with E-state index in [-0.39, 0.29) is 17.6 Å². The van der Waals surface area contributed by atoms with Crippen molar-refractivity contribution >= 4 is 55.9 Å². The van der Waals surface area contributed by atoms with Gasteiger partial charge in [-0.05, 0) is 61.0 Å². The van der Waals surface area contributed by atoms with Crippen molar-refractivity contribution in [3.8, 4) is 0 Å². The van der Waals surface area contributed by atoms with Gasteiger partial charge in [0.15, 0.2) is 12.1 Å². The fourth-order valence-electron chi connectivity index (χ4n) is 4.70. The molecule has 2 fully saturated rings. The number of nitrogens with zero attached hydrogens (tertiary/aromatic N) is 3. The zero-order chi connectivity index (χ0) is 32.1. The summed E-state index contributed by atoms with van der Waals surface area (Å²) in [4.78, 5) is 50.9. The van der Waals surface area contributed by atoms with Gasteiger partial charge < -0.3 is 25.6 Å². The minimum absolute atomic E-state index is 0.00250. The van der Waals surface area contributed by atoms with Crippen LogP contribution in [0.25, 0.3) is 0 Å². The van der Waals surface area contributed by atoms with E-state index in [1.807, 2.05) is 18.2 Å². The Labute approximate surface area is 259 Å². The molecule has 2 unspecified atom stereocenters. The first-order valence-electron chi connectivity index (χ1n) is 15.0. The van der Waals surface area contributed by atoms with Crippen LogP contribution in [0.15, 0.2) is 36.4 Å². The number of nitrogens with one attached hydrogen (secondary N) is 1. The minimum atomic E-state index is -0.0709. The van der Waals surface area contributed by atoms with E-state index >= 15 is 0 Å². The van der Waals surface area contributed by atoms with Gasteiger partial charge >= 0.3 is 0 Å². The molecule has 0 aliphatic carbocycles. The van der Waals surface area contributed by atoms with Gasteiger partial charge in [-0.1, -0.05) is 27.7 Å². The highest BCUT2D eigenvalue weighted by Crippen LogP contribution is 2.27. The van der Waals surface area contributed by atoms with Gasteiger partial charge in [0.2, 0.25) is 5.91 Å². The van der Waals surface area contributed by atoms with Crippen LogP contribution in [0, 0.1) is 11.8 Å². The molecule has 2 aromatic carbocycles. The summed E-state index contributed by atoms with van der Waals surface area (Å²) in [6.07, 6.45) is 2.70. The Morgan fingerprint density at radius 1 is 0.977 bits per heavy atom. The van der Waals surface area contributed by atoms with Crippen molar-refractivity contribution in [2.75, 3.05) is 61.8 Å². The Kier molecular flexibility index (Phi) is 14.8. The predicted octanol–water partition coefficient (Wildman–Crippen LogP) is 3.81. The zero-order valence-corrected chi connectivity index (χ0v) is 27.8. The SMILES string of the molecule is CC(=O)c1cc(N2CC(N3CCN(c4ccc(N)c(P)c4)CC3)C2)ccc1C=O.CC(C)C.CNC(=O)CCC(C)C=O. The third-order valence-electron chi connectivity index (χ3n) is 7.37. The summed E-state index contributed by atoms with van der Waals surface area (Å²) in [5, 5.41) is 3.54. The van der Waals surface area contributed by atoms with Gasteiger partial charge in [-0.15, -0.1) is 9.24 Å². The number of anilines is 3. The van der Waals surface area contributed by atoms with Crippen LogP contribution in [0.2, 0.25) is 0 Å². The highest BCUT2D eigenvalue weighted by molar-refractivity contribution is 7.28. The van der Waals surface area contributed by atoms with E-state index in [2.05, 4.69) is 62.2 Å². The van der Waals surface area contributed by atoms with Crippen molar-refractivity contribution in [1.82, 2.24) is 10.2 Å². The van der Waals surface area contributed by atoms with E-state index in [1.54, 1.807) is 20.0 Å². The Balaban J connectivity index is 0.000000387. The monoisotopic (exact) mass is 611 g/mol. The first-order valence-corrected chi connectivity index (χ1v) is 15.6. The third kappa shape index (κ3) is 11.4. The molecular formula is C33H50N5O4P. The second-order valence-electron chi connectivity index (χ2n) is 11.9. The molecule has 0 aromatic heterocycles. The zero-order valence-electron chi connectivity index (χ0n) is 26.6. The number of ketones is 1. The van der Waals surface area contributed by atoms with Crippen molar-refractivity contribution in [2.45, 2.75) is 53.5 Å². The number of aldehydes is 2. The molecule has 10 heteroatoms. The maximum atomic E-state index is 11.8. The van der Waals surface area contributed by atoms with Gasteiger partial charge in [-0.2, -0.15) is 0 Å². The fourth-order valence-corrected chi connectivity index (χ4v) is 4.97. The van der Waals surface area contributed by atoms with E-state index in [0.717, 1.165) is 74.4 Å². The molecule has 0 spiro atoms. The summed E-state index contributed by atoms with van der Waals surface area (Å²) in [5.41, 5.74) is 9.94. The molecule has 9 nitrogen and oxygen atoms in total. The summed E-state index contributed by atoms with van der Waals surface area (Å²) in [5.74, 6) is 0.754. The first kappa shape index (κ1) is 35.9. The van der Waals surface area contributed by atoms with Crippen LogP contribution in [-0.2, 0) is 9.59 Å². The molecule has 1 amide bonds. The van der Waals surface area contributed by atoms with E-state index in [1.165, 1.54) is 12.6 Å². The number of piperazine rings is 1. The Morgan fingerprint density at radius 2 is 1.56 bits per heavy atom. The Bertz CT molecular complexity index is 1220. The molecule has 2 atom stereocenters. The van der Waals surface area contributed by atoms with E-state index in [4.69, 9.17) is 5.73 Å². The largest absolute Gasteiger partial charge is 0.398 e. The molecule has 236 valence electrons. The van der Waals surface area contributed by atoms with Crippen LogP contribution in [0.1, 0.15) is 68.2 Å². The molecule has 2 aliphatic heterocycles. The molecule has 0 bridgehead atoms. The number of hydrogen-bond donors (Lipinski definition) is 2. The average molecular weight is 612 g/mol. The van der Waals surface area contributed by atoms with Crippen LogP contribution in [0.3, 0.4) is 0 Å². The average Bonchev–Trinajstić information content (AvgIpc) is 2.96. The number of nitrogens with two attached hydrogens (primary N) is 1. The van der Waals surface area contributed by atoms with Gasteiger partial charge in [0.1, 0.15) is 6.29 Å². The van der Waals surface area contributed by atoms with Crippen LogP contribution in [0.5, 0.6) is 0 Å². The smallest absolute Gasteiger partial charge is 0.219 e. The number of carbonyl (C=O) groups is 4. The van der Waals surface area contributed by atoms with Crippen molar-refractivity contribution in [3.05, 3.63) is 47.5 Å². The Morgan fingerprint density at radius 3 is 2.07 bits per heavy atom. The van der Waals surface area contributed by atoms with E-state index < -0.39 is 0 Å². The summed E-state index contributed by atoms with van der Waals surface area (Å²) in [6, 6.07) is 12.3. The lowest BCUT2D eigenvalue weighted by Crippen LogP contribution is -2.63. The van der Waals surface area contributed by atoms with Crippen LogP contribution in [-0.4, -0.2) is 81.5 Å². The third-order valence-corrected chi connectivity index (χ3v) is 7.87. The van der Waals surface area contributed by atoms with Crippen LogP contribution < -0.4 is 26.2 Å². The van der Waals surface area contributed by atoms with Crippen molar-refractivity contribution in [1.29, 1.82) is 0 Å². The minimum Gasteiger partial charge on any atom is -0.398 e. The van der Waals surface area contributed by atoms with E-state index in [0.29, 0.717) is 30.0 Å². The maximum absolute atomic E-state index is 11.8. The normalized spacial score (nSPS) is 15.7. The molecule has 2 aromatic rings. The first-order chi connectivity index (χ1) is 20.4. The van der Waals surface area contributed by atoms with Gasteiger partial charge in [0.25, 0.3) is 0 Å². The summed E-state index contributed by atoms with van der Waals surface area (Å²) >= 11 is 0. The summed E-state index contributed by atoms with van der Waals surface area (Å²) in [7, 11) is 4.29. The van der Waals surface area contributed by atoms with Crippen LogP contribution >= 0.6 is 9.24 Å². The lowest BCUT2D eigenvalue weighted by Gasteiger charge is -2.49. The van der Waals surface area contributed by atoms with Gasteiger partial charge in [0.05, 0.1) is 0 Å². The molecule has 0 radical (unpaired) electrons. The maximum Gasteiger partial charge on any atom is 0.219 e. The number of hydrogen-bond acceptors (Lipinski definition) is 8. The number of rotatable bonds is 9. The second kappa shape index (κ2) is 17.7. The highest BCUT2D eigenvalue weighted by atomic mass is 31.0. The Hall–Kier alpha value is -3.29. The standard InChI is InChI=1S/C22H27N4O2P.C7H13NO2.C4H10/c1-15(28)20-10-17(3-2-16(20)14-27)26-12-19(13-26)25-8-6-24(7-9-25)18-4-5-21(23)22(29)11-18;1-6(5-9)3-4-7(10)8-2;1-4(2)3/h2-5,10-11,14,19H,6-9,12-13,23,29H2,1H3;5-6H,3-4H2,1-2H3,(H,8,10);4H,1-3H3. The number of carbonyl (C=O) groups excluding carboxylic acids is 4. The lowest BCUT2D eigenvalue weighted by molar-refractivity contribution is -0.121. The quantitative estimate of drug-likeness (QED) is 0.190. The molecule has 4 rings (SSSR count). The molecule has 2 aliphatic rings. The number of benzene rings is 2. The highest BCUT2D eigenvalue weighted by Gasteiger charge is 2.34. The van der Waals surface area contributed by atoms with E-state index in [9.17, 15) is 19.2 Å². The predicted molar refractivity (Wildman–Crippen MR) is 181 cm³/mol. The van der Waals surface area contributed by atoms with Crippen LogP contribution in [0.4, 0.5) is 17.1 Å². The molecular weight excluding hydrogens is 561 g/mol. The summed E-state index contributed by atoms with van der Waals surface area (Å²) < 4.78 is 0. The van der Waals surface area contributed by atoms with Crippen molar-refractivity contribution in [2.24, 2.45) is 11.8 Å². The fraction of sp³-hybridized carbons (Fsp3) is 0.515. The topological polar surface area (TPSA) is 116 Å². The lowest BCUT2D eigenvalue weighted by atomic mass is 10.0. The van der Waals surface area contributed by atoms with Gasteiger partial charge in [-0.25, -0.2) is 0 Å². The van der Waals surface area contributed by atoms with Gasteiger partial charge in [-0.3, -0.25) is 19.3 Å². The number of nitrogen functional groups attached to an aromatic ring is 1. The molecule has 0 saturated carbocycles. The second-order valence-corrected chi connectivity index (χ2v) is 12.5. The van der Waals surface area contributed by atoms with Gasteiger partial charge in [0, 0.05) is 92.9 Å². The molecule has 2 heterocycles. The summed E-state index contributed by atoms with van der Waals surface area (Å²) in [6.45, 7) is 15.8. The van der Waals surface area contributed by atoms with Crippen molar-refractivity contribution in [3.63, 3.8) is 0 Å². The number of amides is 1.